The maximum Gasteiger partial charge on any atom is 0.339 e. The molecule has 0 saturated heterocycles. The summed E-state index contributed by atoms with van der Waals surface area (Å²) < 4.78 is 27.4. The third-order valence-electron chi connectivity index (χ3n) is 4.45. The Balaban J connectivity index is 1.38. The number of esters is 1. The molecule has 8 nitrogen and oxygen atoms in total. The van der Waals surface area contributed by atoms with Gasteiger partial charge in [-0.15, -0.1) is 0 Å². The van der Waals surface area contributed by atoms with Crippen molar-refractivity contribution in [1.82, 2.24) is 0 Å². The van der Waals surface area contributed by atoms with Gasteiger partial charge in [0, 0.05) is 18.2 Å². The molecule has 0 bridgehead atoms. The van der Waals surface area contributed by atoms with Crippen LogP contribution >= 0.6 is 0 Å². The highest BCUT2D eigenvalue weighted by Crippen LogP contribution is 2.33. The average molecular weight is 399 g/mol. The van der Waals surface area contributed by atoms with E-state index >= 15 is 0 Å². The largest absolute Gasteiger partial charge is 0.490 e. The summed E-state index contributed by atoms with van der Waals surface area (Å²) in [5, 5.41) is 2.71. The highest BCUT2D eigenvalue weighted by Gasteiger charge is 2.22. The minimum absolute atomic E-state index is 0.285. The predicted molar refractivity (Wildman–Crippen MR) is 103 cm³/mol. The summed E-state index contributed by atoms with van der Waals surface area (Å²) in [7, 11) is 0. The fourth-order valence-corrected chi connectivity index (χ4v) is 2.94. The minimum atomic E-state index is -0.994. The van der Waals surface area contributed by atoms with E-state index in [0.29, 0.717) is 55.1 Å². The number of carbonyl (C=O) groups is 2. The van der Waals surface area contributed by atoms with Crippen molar-refractivity contribution in [3.05, 3.63) is 42.0 Å². The smallest absolute Gasteiger partial charge is 0.339 e. The fourth-order valence-electron chi connectivity index (χ4n) is 2.94. The van der Waals surface area contributed by atoms with E-state index in [1.54, 1.807) is 36.4 Å². The van der Waals surface area contributed by atoms with Crippen LogP contribution in [-0.2, 0) is 9.53 Å². The van der Waals surface area contributed by atoms with E-state index in [9.17, 15) is 9.59 Å². The van der Waals surface area contributed by atoms with Crippen molar-refractivity contribution in [1.29, 1.82) is 0 Å². The molecule has 29 heavy (non-hydrogen) atoms. The number of rotatable bonds is 4. The van der Waals surface area contributed by atoms with Crippen LogP contribution < -0.4 is 24.3 Å². The molecule has 2 aliphatic heterocycles. The summed E-state index contributed by atoms with van der Waals surface area (Å²) in [5.41, 5.74) is 0.811. The number of benzene rings is 2. The molecule has 0 saturated carbocycles. The van der Waals surface area contributed by atoms with Crippen LogP contribution in [0.15, 0.2) is 36.4 Å². The summed E-state index contributed by atoms with van der Waals surface area (Å²) in [5.74, 6) is 1.19. The maximum absolute atomic E-state index is 12.4. The molecule has 1 atom stereocenters. The molecule has 0 aromatic heterocycles. The second kappa shape index (κ2) is 8.30. The molecule has 152 valence electrons. The standard InChI is InChI=1S/C21H21NO7/c1-13(20(23)22-15-4-6-17-19(12-15)28-10-9-27-17)29-21(24)14-3-5-16-18(11-14)26-8-2-7-25-16/h3-6,11-13H,2,7-10H2,1H3,(H,22,23). The van der Waals surface area contributed by atoms with E-state index in [0.717, 1.165) is 6.42 Å². The van der Waals surface area contributed by atoms with E-state index < -0.39 is 18.0 Å². The number of hydrogen-bond donors (Lipinski definition) is 1. The summed E-state index contributed by atoms with van der Waals surface area (Å²) in [6, 6.07) is 9.90. The second-order valence-corrected chi connectivity index (χ2v) is 6.61. The van der Waals surface area contributed by atoms with Gasteiger partial charge in [0.2, 0.25) is 0 Å². The lowest BCUT2D eigenvalue weighted by atomic mass is 10.2. The third-order valence-corrected chi connectivity index (χ3v) is 4.45. The Morgan fingerprint density at radius 1 is 0.862 bits per heavy atom. The number of anilines is 1. The molecule has 8 heteroatoms. The van der Waals surface area contributed by atoms with Crippen LogP contribution in [0.4, 0.5) is 5.69 Å². The molecule has 2 heterocycles. The number of ether oxygens (including phenoxy) is 5. The highest BCUT2D eigenvalue weighted by molar-refractivity contribution is 5.97. The van der Waals surface area contributed by atoms with E-state index in [1.165, 1.54) is 6.92 Å². The lowest BCUT2D eigenvalue weighted by Crippen LogP contribution is -2.30. The minimum Gasteiger partial charge on any atom is -0.490 e. The van der Waals surface area contributed by atoms with Gasteiger partial charge in [-0.2, -0.15) is 0 Å². The SMILES string of the molecule is CC(OC(=O)c1ccc2c(c1)OCCCO2)C(=O)Nc1ccc2c(c1)OCCO2. The normalized spacial score (nSPS) is 15.6. The number of amides is 1. The molecule has 4 rings (SSSR count). The molecule has 0 radical (unpaired) electrons. The highest BCUT2D eigenvalue weighted by atomic mass is 16.6. The molecular weight excluding hydrogens is 378 g/mol. The fraction of sp³-hybridized carbons (Fsp3) is 0.333. The van der Waals surface area contributed by atoms with Crippen LogP contribution in [0, 0.1) is 0 Å². The van der Waals surface area contributed by atoms with Gasteiger partial charge in [0.25, 0.3) is 5.91 Å². The van der Waals surface area contributed by atoms with Crippen LogP contribution in [0.2, 0.25) is 0 Å². The van der Waals surface area contributed by atoms with Gasteiger partial charge in [-0.1, -0.05) is 0 Å². The zero-order valence-corrected chi connectivity index (χ0v) is 15.9. The van der Waals surface area contributed by atoms with Gasteiger partial charge < -0.3 is 29.0 Å². The van der Waals surface area contributed by atoms with Gasteiger partial charge in [-0.25, -0.2) is 4.79 Å². The van der Waals surface area contributed by atoms with Gasteiger partial charge in [-0.05, 0) is 37.3 Å². The topological polar surface area (TPSA) is 92.3 Å². The summed E-state index contributed by atoms with van der Waals surface area (Å²) >= 11 is 0. The Hall–Kier alpha value is -3.42. The molecule has 0 fully saturated rings. The average Bonchev–Trinajstić information content (AvgIpc) is 2.98. The summed E-state index contributed by atoms with van der Waals surface area (Å²) in [4.78, 5) is 24.9. The Morgan fingerprint density at radius 3 is 2.28 bits per heavy atom. The first-order chi connectivity index (χ1) is 14.1. The Morgan fingerprint density at radius 2 is 1.48 bits per heavy atom. The monoisotopic (exact) mass is 399 g/mol. The van der Waals surface area contributed by atoms with Gasteiger partial charge in [-0.3, -0.25) is 4.79 Å². The number of nitrogens with one attached hydrogen (secondary N) is 1. The molecule has 0 aliphatic carbocycles. The van der Waals surface area contributed by atoms with Crippen LogP contribution in [-0.4, -0.2) is 44.4 Å². The molecule has 1 N–H and O–H groups in total. The first-order valence-electron chi connectivity index (χ1n) is 9.41. The van der Waals surface area contributed by atoms with Gasteiger partial charge in [0.05, 0.1) is 18.8 Å². The third kappa shape index (κ3) is 4.37. The van der Waals surface area contributed by atoms with Crippen molar-refractivity contribution in [3.8, 4) is 23.0 Å². The van der Waals surface area contributed by atoms with Gasteiger partial charge in [0.1, 0.15) is 13.2 Å². The molecule has 1 unspecified atom stereocenters. The summed E-state index contributed by atoms with van der Waals surface area (Å²) in [6.45, 7) is 3.53. The number of carbonyl (C=O) groups excluding carboxylic acids is 2. The Labute approximate surface area is 167 Å². The van der Waals surface area contributed by atoms with Gasteiger partial charge >= 0.3 is 5.97 Å². The molecule has 2 aromatic carbocycles. The van der Waals surface area contributed by atoms with Crippen LogP contribution in [0.3, 0.4) is 0 Å². The van der Waals surface area contributed by atoms with E-state index in [-0.39, 0.29) is 5.56 Å². The van der Waals surface area contributed by atoms with Crippen LogP contribution in [0.25, 0.3) is 0 Å². The van der Waals surface area contributed by atoms with Crippen molar-refractivity contribution in [3.63, 3.8) is 0 Å². The zero-order valence-electron chi connectivity index (χ0n) is 15.9. The van der Waals surface area contributed by atoms with E-state index in [4.69, 9.17) is 23.7 Å². The molecular formula is C21H21NO7. The quantitative estimate of drug-likeness (QED) is 0.791. The van der Waals surface area contributed by atoms with E-state index in [1.807, 2.05) is 0 Å². The van der Waals surface area contributed by atoms with Crippen molar-refractivity contribution in [2.24, 2.45) is 0 Å². The molecule has 0 spiro atoms. The lowest BCUT2D eigenvalue weighted by Gasteiger charge is -2.19. The molecule has 2 aliphatic rings. The molecule has 2 aromatic rings. The predicted octanol–water partition coefficient (Wildman–Crippen LogP) is 2.80. The first-order valence-corrected chi connectivity index (χ1v) is 9.41. The zero-order chi connectivity index (χ0) is 20.2. The number of hydrogen-bond acceptors (Lipinski definition) is 7. The van der Waals surface area contributed by atoms with Crippen molar-refractivity contribution in [2.75, 3.05) is 31.7 Å². The molecule has 1 amide bonds. The van der Waals surface area contributed by atoms with Crippen LogP contribution in [0.1, 0.15) is 23.7 Å². The summed E-state index contributed by atoms with van der Waals surface area (Å²) in [6.07, 6.45) is -0.224. The van der Waals surface area contributed by atoms with E-state index in [2.05, 4.69) is 5.32 Å². The number of fused-ring (bicyclic) bond motifs is 2. The second-order valence-electron chi connectivity index (χ2n) is 6.61. The lowest BCUT2D eigenvalue weighted by molar-refractivity contribution is -0.123. The van der Waals surface area contributed by atoms with Crippen molar-refractivity contribution < 1.29 is 33.3 Å². The van der Waals surface area contributed by atoms with Gasteiger partial charge in [0.15, 0.2) is 29.1 Å². The van der Waals surface area contributed by atoms with Crippen LogP contribution in [0.5, 0.6) is 23.0 Å². The Kier molecular flexibility index (Phi) is 5.41. The van der Waals surface area contributed by atoms with Crippen molar-refractivity contribution >= 4 is 17.6 Å². The Bertz CT molecular complexity index is 927. The maximum atomic E-state index is 12.4. The first kappa shape index (κ1) is 18.9. The van der Waals surface area contributed by atoms with Crippen molar-refractivity contribution in [2.45, 2.75) is 19.4 Å².